The fraction of sp³-hybridized carbons (Fsp3) is 0.300. The molecule has 5 nitrogen and oxygen atoms in total. The first-order valence-electron chi connectivity index (χ1n) is 4.98. The third kappa shape index (κ3) is 2.33. The van der Waals surface area contributed by atoms with Crippen LogP contribution < -0.4 is 5.56 Å². The number of aromatic nitrogens is 4. The highest BCUT2D eigenvalue weighted by Gasteiger charge is 2.05. The zero-order valence-corrected chi connectivity index (χ0v) is 9.51. The van der Waals surface area contributed by atoms with Crippen molar-refractivity contribution in [1.82, 2.24) is 20.2 Å². The number of H-pyrrole nitrogens is 2. The van der Waals surface area contributed by atoms with E-state index in [4.69, 9.17) is 0 Å². The van der Waals surface area contributed by atoms with Gasteiger partial charge in [0.05, 0.1) is 6.20 Å². The second kappa shape index (κ2) is 4.98. The van der Waals surface area contributed by atoms with E-state index in [0.717, 1.165) is 18.6 Å². The van der Waals surface area contributed by atoms with Crippen molar-refractivity contribution in [2.45, 2.75) is 18.0 Å². The molecule has 0 aliphatic heterocycles. The van der Waals surface area contributed by atoms with Crippen molar-refractivity contribution in [2.24, 2.45) is 0 Å². The van der Waals surface area contributed by atoms with Gasteiger partial charge in [-0.05, 0) is 12.8 Å². The van der Waals surface area contributed by atoms with Gasteiger partial charge < -0.3 is 4.98 Å². The fourth-order valence-electron chi connectivity index (χ4n) is 1.29. The molecule has 0 aliphatic carbocycles. The number of allylic oxidation sites excluding steroid dienone is 1. The maximum atomic E-state index is 11.6. The minimum Gasteiger partial charge on any atom is -0.301 e. The summed E-state index contributed by atoms with van der Waals surface area (Å²) < 4.78 is 0. The number of fused-ring (bicyclic) bond motifs is 1. The summed E-state index contributed by atoms with van der Waals surface area (Å²) >= 11 is 1.53. The van der Waals surface area contributed by atoms with Crippen molar-refractivity contribution in [3.63, 3.8) is 0 Å². The van der Waals surface area contributed by atoms with Gasteiger partial charge in [0, 0.05) is 5.75 Å². The van der Waals surface area contributed by atoms with E-state index >= 15 is 0 Å². The van der Waals surface area contributed by atoms with E-state index in [0.29, 0.717) is 16.2 Å². The minimum atomic E-state index is -0.148. The normalized spacial score (nSPS) is 10.8. The fourth-order valence-corrected chi connectivity index (χ4v) is 2.11. The van der Waals surface area contributed by atoms with Crippen molar-refractivity contribution in [3.05, 3.63) is 29.2 Å². The summed E-state index contributed by atoms with van der Waals surface area (Å²) in [7, 11) is 0. The lowest BCUT2D eigenvalue weighted by Gasteiger charge is -1.98. The van der Waals surface area contributed by atoms with Crippen LogP contribution in [0, 0.1) is 0 Å². The highest BCUT2D eigenvalue weighted by molar-refractivity contribution is 7.99. The molecule has 0 aliphatic rings. The van der Waals surface area contributed by atoms with E-state index in [-0.39, 0.29) is 5.56 Å². The van der Waals surface area contributed by atoms with Gasteiger partial charge in [0.25, 0.3) is 5.56 Å². The highest BCUT2D eigenvalue weighted by Crippen LogP contribution is 2.14. The van der Waals surface area contributed by atoms with Gasteiger partial charge in [-0.25, -0.2) is 4.98 Å². The maximum Gasteiger partial charge on any atom is 0.262 e. The summed E-state index contributed by atoms with van der Waals surface area (Å²) in [6.45, 7) is 3.66. The van der Waals surface area contributed by atoms with Crippen LogP contribution in [0.15, 0.2) is 28.8 Å². The predicted octanol–water partition coefficient (Wildman–Crippen LogP) is 1.70. The molecular formula is C10H12N4OS. The molecule has 0 spiro atoms. The topological polar surface area (TPSA) is 74.4 Å². The Hall–Kier alpha value is -1.56. The van der Waals surface area contributed by atoms with Crippen LogP contribution in [-0.2, 0) is 0 Å². The molecule has 0 bridgehead atoms. The van der Waals surface area contributed by atoms with Gasteiger partial charge in [-0.1, -0.05) is 17.8 Å². The van der Waals surface area contributed by atoms with Gasteiger partial charge in [0.1, 0.15) is 5.39 Å². The first kappa shape index (κ1) is 10.9. The van der Waals surface area contributed by atoms with Gasteiger partial charge in [0.2, 0.25) is 0 Å². The van der Waals surface area contributed by atoms with E-state index in [1.54, 1.807) is 0 Å². The molecule has 0 radical (unpaired) electrons. The summed E-state index contributed by atoms with van der Waals surface area (Å²) in [5, 5.41) is 7.60. The number of hydrogen-bond acceptors (Lipinski definition) is 4. The zero-order valence-electron chi connectivity index (χ0n) is 8.69. The molecule has 2 rings (SSSR count). The van der Waals surface area contributed by atoms with Gasteiger partial charge in [-0.2, -0.15) is 5.10 Å². The van der Waals surface area contributed by atoms with Crippen LogP contribution >= 0.6 is 11.8 Å². The number of nitrogens with zero attached hydrogens (tertiary/aromatic N) is 2. The summed E-state index contributed by atoms with van der Waals surface area (Å²) in [4.78, 5) is 18.5. The average Bonchev–Trinajstić information content (AvgIpc) is 2.73. The van der Waals surface area contributed by atoms with E-state index in [1.165, 1.54) is 18.0 Å². The summed E-state index contributed by atoms with van der Waals surface area (Å²) in [6.07, 6.45) is 5.37. The lowest BCUT2D eigenvalue weighted by Crippen LogP contribution is -2.08. The van der Waals surface area contributed by atoms with Crippen molar-refractivity contribution in [1.29, 1.82) is 0 Å². The quantitative estimate of drug-likeness (QED) is 0.358. The Bertz CT molecular complexity index is 545. The molecule has 0 unspecified atom stereocenters. The van der Waals surface area contributed by atoms with Crippen LogP contribution in [0.25, 0.3) is 11.0 Å². The Kier molecular flexibility index (Phi) is 3.40. The molecule has 2 heterocycles. The van der Waals surface area contributed by atoms with Crippen LogP contribution in [-0.4, -0.2) is 25.9 Å². The molecule has 2 aromatic heterocycles. The minimum absolute atomic E-state index is 0.148. The van der Waals surface area contributed by atoms with Crippen molar-refractivity contribution in [2.75, 3.05) is 5.75 Å². The molecule has 0 saturated carbocycles. The first-order chi connectivity index (χ1) is 7.81. The highest BCUT2D eigenvalue weighted by atomic mass is 32.2. The second-order valence-electron chi connectivity index (χ2n) is 3.28. The van der Waals surface area contributed by atoms with Crippen LogP contribution in [0.4, 0.5) is 0 Å². The standard InChI is InChI=1S/C10H12N4OS/c1-2-3-4-5-16-10-12-8-7(6-11-14-8)9(15)13-10/h2,6H,1,3-5H2,(H2,11,12,13,14,15). The molecule has 0 amide bonds. The van der Waals surface area contributed by atoms with E-state index in [9.17, 15) is 4.79 Å². The molecule has 6 heteroatoms. The van der Waals surface area contributed by atoms with Crippen molar-refractivity contribution in [3.8, 4) is 0 Å². The SMILES string of the molecule is C=CCCCSc1nc2[nH]ncc2c(=O)[nH]1. The lowest BCUT2D eigenvalue weighted by atomic mass is 10.3. The molecule has 0 fully saturated rings. The Labute approximate surface area is 96.4 Å². The van der Waals surface area contributed by atoms with Crippen molar-refractivity contribution < 1.29 is 0 Å². The van der Waals surface area contributed by atoms with Gasteiger partial charge >= 0.3 is 0 Å². The lowest BCUT2D eigenvalue weighted by molar-refractivity contribution is 0.937. The third-order valence-electron chi connectivity index (χ3n) is 2.09. The number of hydrogen-bond donors (Lipinski definition) is 2. The monoisotopic (exact) mass is 236 g/mol. The predicted molar refractivity (Wildman–Crippen MR) is 64.7 cm³/mol. The Balaban J connectivity index is 2.12. The summed E-state index contributed by atoms with van der Waals surface area (Å²) in [6, 6.07) is 0. The number of nitrogens with one attached hydrogen (secondary N) is 2. The maximum absolute atomic E-state index is 11.6. The largest absolute Gasteiger partial charge is 0.301 e. The molecule has 2 aromatic rings. The molecule has 0 aromatic carbocycles. The Morgan fingerprint density at radius 3 is 3.25 bits per heavy atom. The number of rotatable bonds is 5. The van der Waals surface area contributed by atoms with Gasteiger partial charge in [-0.3, -0.25) is 9.89 Å². The molecule has 84 valence electrons. The van der Waals surface area contributed by atoms with E-state index in [2.05, 4.69) is 26.7 Å². The second-order valence-corrected chi connectivity index (χ2v) is 4.37. The molecule has 16 heavy (non-hydrogen) atoms. The summed E-state index contributed by atoms with van der Waals surface area (Å²) in [5.41, 5.74) is 0.389. The van der Waals surface area contributed by atoms with Crippen LogP contribution in [0.2, 0.25) is 0 Å². The van der Waals surface area contributed by atoms with Crippen LogP contribution in [0.3, 0.4) is 0 Å². The average molecular weight is 236 g/mol. The number of aromatic amines is 2. The molecule has 2 N–H and O–H groups in total. The number of thioether (sulfide) groups is 1. The van der Waals surface area contributed by atoms with Crippen LogP contribution in [0.1, 0.15) is 12.8 Å². The Morgan fingerprint density at radius 1 is 1.56 bits per heavy atom. The van der Waals surface area contributed by atoms with Gasteiger partial charge in [0.15, 0.2) is 10.8 Å². The van der Waals surface area contributed by atoms with Crippen LogP contribution in [0.5, 0.6) is 0 Å². The smallest absolute Gasteiger partial charge is 0.262 e. The van der Waals surface area contributed by atoms with E-state index < -0.39 is 0 Å². The number of unbranched alkanes of at least 4 members (excludes halogenated alkanes) is 1. The molecule has 0 saturated heterocycles. The summed E-state index contributed by atoms with van der Waals surface area (Å²) in [5.74, 6) is 0.911. The zero-order chi connectivity index (χ0) is 11.4. The molecule has 0 atom stereocenters. The Morgan fingerprint density at radius 2 is 2.44 bits per heavy atom. The molecular weight excluding hydrogens is 224 g/mol. The van der Waals surface area contributed by atoms with Crippen molar-refractivity contribution >= 4 is 22.8 Å². The van der Waals surface area contributed by atoms with E-state index in [1.807, 2.05) is 6.08 Å². The third-order valence-corrected chi connectivity index (χ3v) is 3.05. The van der Waals surface area contributed by atoms with Gasteiger partial charge in [-0.15, -0.1) is 6.58 Å². The first-order valence-corrected chi connectivity index (χ1v) is 5.97.